The van der Waals surface area contributed by atoms with Crippen LogP contribution < -0.4 is 5.56 Å². The lowest BCUT2D eigenvalue weighted by molar-refractivity contribution is -0.119. The highest BCUT2D eigenvalue weighted by Gasteiger charge is 2.46. The van der Waals surface area contributed by atoms with E-state index in [1.54, 1.807) is 34.7 Å². The largest absolute Gasteiger partial charge is 0.379 e. The lowest BCUT2D eigenvalue weighted by atomic mass is 9.93. The number of carbonyl (C=O) groups is 2. The summed E-state index contributed by atoms with van der Waals surface area (Å²) in [4.78, 5) is 41.8. The monoisotopic (exact) mass is 503 g/mol. The van der Waals surface area contributed by atoms with Crippen LogP contribution in [0.15, 0.2) is 29.1 Å². The number of aromatic amines is 1. The number of alkyl halides is 2. The van der Waals surface area contributed by atoms with E-state index in [-0.39, 0.29) is 22.6 Å². The lowest BCUT2D eigenvalue weighted by Gasteiger charge is -2.38. The third kappa shape index (κ3) is 5.25. The van der Waals surface area contributed by atoms with Gasteiger partial charge in [-0.3, -0.25) is 14.4 Å². The number of rotatable bonds is 3. The quantitative estimate of drug-likeness (QED) is 0.554. The molecule has 1 aromatic carbocycles. The zero-order valence-electron chi connectivity index (χ0n) is 20.9. The van der Waals surface area contributed by atoms with Crippen LogP contribution in [-0.4, -0.2) is 81.5 Å². The van der Waals surface area contributed by atoms with Crippen molar-refractivity contribution in [2.24, 2.45) is 0 Å². The average molecular weight is 504 g/mol. The molecule has 0 saturated carbocycles. The molecule has 9 nitrogen and oxygen atoms in total. The summed E-state index contributed by atoms with van der Waals surface area (Å²) >= 11 is 0. The molecule has 5 rings (SSSR count). The summed E-state index contributed by atoms with van der Waals surface area (Å²) in [6.07, 6.45) is 2.22. The summed E-state index contributed by atoms with van der Waals surface area (Å²) in [5.74, 6) is -3.33. The maximum atomic E-state index is 13.3. The number of aromatic nitrogens is 3. The van der Waals surface area contributed by atoms with Crippen molar-refractivity contribution in [3.63, 3.8) is 0 Å². The minimum atomic E-state index is -2.86. The number of halogens is 2. The van der Waals surface area contributed by atoms with Crippen molar-refractivity contribution in [2.75, 3.05) is 33.3 Å². The Morgan fingerprint density at radius 3 is 2.42 bits per heavy atom. The lowest BCUT2D eigenvalue weighted by Crippen LogP contribution is -2.58. The number of benzene rings is 1. The van der Waals surface area contributed by atoms with Gasteiger partial charge in [-0.1, -0.05) is 6.07 Å². The molecular weight excluding hydrogens is 472 g/mol. The Morgan fingerprint density at radius 2 is 1.86 bits per heavy atom. The van der Waals surface area contributed by atoms with Gasteiger partial charge < -0.3 is 19.5 Å². The van der Waals surface area contributed by atoms with E-state index >= 15 is 0 Å². The first-order valence-electron chi connectivity index (χ1n) is 11.9. The zero-order valence-corrected chi connectivity index (χ0v) is 20.9. The Balaban J connectivity index is 0.000000455. The van der Waals surface area contributed by atoms with E-state index in [0.29, 0.717) is 48.2 Å². The van der Waals surface area contributed by atoms with Gasteiger partial charge in [0.25, 0.3) is 17.4 Å². The number of piperidine rings is 1. The zero-order chi connectivity index (χ0) is 26.3. The minimum Gasteiger partial charge on any atom is -0.379 e. The first-order chi connectivity index (χ1) is 16.9. The topological polar surface area (TPSA) is 100 Å². The van der Waals surface area contributed by atoms with Gasteiger partial charge in [-0.15, -0.1) is 0 Å². The first kappa shape index (κ1) is 25.7. The number of carbonyl (C=O) groups excluding carboxylic acids is 2. The van der Waals surface area contributed by atoms with E-state index < -0.39 is 24.9 Å². The fourth-order valence-corrected chi connectivity index (χ4v) is 4.38. The summed E-state index contributed by atoms with van der Waals surface area (Å²) in [6.45, 7) is 6.02. The minimum absolute atomic E-state index is 0.0357. The summed E-state index contributed by atoms with van der Waals surface area (Å²) in [7, 11) is 1.71. The molecule has 194 valence electrons. The second kappa shape index (κ2) is 9.61. The highest BCUT2D eigenvalue weighted by Crippen LogP contribution is 2.32. The normalized spacial score (nSPS) is 18.1. The van der Waals surface area contributed by atoms with Gasteiger partial charge in [-0.25, -0.2) is 13.3 Å². The molecule has 2 aliphatic heterocycles. The molecule has 0 aliphatic carbocycles. The molecular formula is C25H31F2N5O4. The number of ether oxygens (including phenoxy) is 1. The predicted octanol–water partition coefficient (Wildman–Crippen LogP) is 3.03. The number of likely N-dealkylation sites (tertiary alicyclic amines) is 2. The van der Waals surface area contributed by atoms with Crippen LogP contribution in [0.1, 0.15) is 55.6 Å². The molecule has 0 unspecified atom stereocenters. The van der Waals surface area contributed by atoms with Crippen molar-refractivity contribution in [3.8, 4) is 0 Å². The SMILES string of the molecule is COC(C)(C)C.O=CN1CCC(c2cc(=O)[nH]c3c4c(C(=O)N5CC(F)(F)C5)cccc4nn23)CC1. The maximum absolute atomic E-state index is 13.3. The van der Waals surface area contributed by atoms with Gasteiger partial charge in [0.2, 0.25) is 6.41 Å². The third-order valence-corrected chi connectivity index (χ3v) is 6.54. The maximum Gasteiger partial charge on any atom is 0.282 e. The molecule has 0 atom stereocenters. The van der Waals surface area contributed by atoms with Crippen molar-refractivity contribution in [1.82, 2.24) is 24.4 Å². The Morgan fingerprint density at radius 1 is 1.22 bits per heavy atom. The molecule has 2 aromatic heterocycles. The number of nitrogens with one attached hydrogen (secondary N) is 1. The number of nitrogens with zero attached hydrogens (tertiary/aromatic N) is 4. The van der Waals surface area contributed by atoms with Crippen LogP contribution in [0.5, 0.6) is 0 Å². The molecule has 11 heteroatoms. The van der Waals surface area contributed by atoms with Gasteiger partial charge in [0.15, 0.2) is 0 Å². The predicted molar refractivity (Wildman–Crippen MR) is 131 cm³/mol. The highest BCUT2D eigenvalue weighted by molar-refractivity contribution is 6.11. The van der Waals surface area contributed by atoms with E-state index in [1.807, 2.05) is 20.8 Å². The van der Waals surface area contributed by atoms with Crippen LogP contribution in [0, 0.1) is 0 Å². The van der Waals surface area contributed by atoms with Gasteiger partial charge in [0.1, 0.15) is 5.65 Å². The van der Waals surface area contributed by atoms with E-state index in [0.717, 1.165) is 11.3 Å². The molecule has 3 aromatic rings. The molecule has 4 heterocycles. The van der Waals surface area contributed by atoms with Crippen LogP contribution in [-0.2, 0) is 9.53 Å². The van der Waals surface area contributed by atoms with Crippen LogP contribution >= 0.6 is 0 Å². The second-order valence-corrected chi connectivity index (χ2v) is 10.3. The van der Waals surface area contributed by atoms with Crippen LogP contribution in [0.4, 0.5) is 8.78 Å². The van der Waals surface area contributed by atoms with E-state index in [9.17, 15) is 23.2 Å². The number of methoxy groups -OCH3 is 1. The van der Waals surface area contributed by atoms with E-state index in [4.69, 9.17) is 4.74 Å². The molecule has 36 heavy (non-hydrogen) atoms. The Hall–Kier alpha value is -3.34. The highest BCUT2D eigenvalue weighted by atomic mass is 19.3. The van der Waals surface area contributed by atoms with Crippen molar-refractivity contribution < 1.29 is 23.1 Å². The average Bonchev–Trinajstić information content (AvgIpc) is 3.20. The standard InChI is InChI=1S/C20H19F2N5O3.C5H12O/c21-20(22)9-26(10-20)19(30)13-2-1-3-14-17(13)18-23-16(29)8-15(27(18)24-14)12-4-6-25(11-28)7-5-12;1-5(2,3)6-4/h1-3,8,11-12H,4-7,9-10H2,(H,23,29);1-4H3. The Kier molecular flexibility index (Phi) is 6.87. The summed E-state index contributed by atoms with van der Waals surface area (Å²) in [5, 5.41) is 5.04. The fraction of sp³-hybridized carbons (Fsp3) is 0.520. The molecule has 2 amide bonds. The molecule has 0 spiro atoms. The van der Waals surface area contributed by atoms with Crippen molar-refractivity contribution >= 4 is 28.9 Å². The summed E-state index contributed by atoms with van der Waals surface area (Å²) in [6, 6.07) is 6.44. The van der Waals surface area contributed by atoms with Crippen molar-refractivity contribution in [3.05, 3.63) is 45.9 Å². The Labute approximate surface area is 207 Å². The molecule has 1 N–H and O–H groups in total. The number of hydrogen-bond donors (Lipinski definition) is 1. The molecule has 0 bridgehead atoms. The van der Waals surface area contributed by atoms with E-state index in [1.165, 1.54) is 6.07 Å². The molecule has 2 aliphatic rings. The molecule has 2 fully saturated rings. The summed E-state index contributed by atoms with van der Waals surface area (Å²) < 4.78 is 33.1. The van der Waals surface area contributed by atoms with Gasteiger partial charge in [-0.2, -0.15) is 5.10 Å². The smallest absolute Gasteiger partial charge is 0.282 e. The van der Waals surface area contributed by atoms with Crippen molar-refractivity contribution in [2.45, 2.75) is 51.1 Å². The van der Waals surface area contributed by atoms with Crippen LogP contribution in [0.3, 0.4) is 0 Å². The first-order valence-corrected chi connectivity index (χ1v) is 11.9. The fourth-order valence-electron chi connectivity index (χ4n) is 4.38. The van der Waals surface area contributed by atoms with E-state index in [2.05, 4.69) is 10.1 Å². The van der Waals surface area contributed by atoms with Crippen molar-refractivity contribution in [1.29, 1.82) is 0 Å². The molecule has 2 saturated heterocycles. The summed E-state index contributed by atoms with van der Waals surface area (Å²) in [5.41, 5.74) is 1.55. The van der Waals surface area contributed by atoms with Gasteiger partial charge in [0.05, 0.1) is 40.9 Å². The number of hydrogen-bond acceptors (Lipinski definition) is 5. The second-order valence-electron chi connectivity index (χ2n) is 10.3. The third-order valence-electron chi connectivity index (χ3n) is 6.54. The van der Waals surface area contributed by atoms with Crippen LogP contribution in [0.2, 0.25) is 0 Å². The van der Waals surface area contributed by atoms with Gasteiger partial charge in [0, 0.05) is 32.2 Å². The van der Waals surface area contributed by atoms with Gasteiger partial charge in [-0.05, 0) is 45.7 Å². The Bertz CT molecular complexity index is 1330. The van der Waals surface area contributed by atoms with Crippen LogP contribution in [0.25, 0.3) is 16.6 Å². The number of fused-ring (bicyclic) bond motifs is 3. The van der Waals surface area contributed by atoms with Gasteiger partial charge >= 0.3 is 0 Å². The number of amides is 2. The molecule has 0 radical (unpaired) electrons. The number of H-pyrrole nitrogens is 1.